The lowest BCUT2D eigenvalue weighted by Gasteiger charge is -2.35. The zero-order valence-corrected chi connectivity index (χ0v) is 14.3. The van der Waals surface area contributed by atoms with Crippen molar-refractivity contribution < 1.29 is 31.1 Å². The Bertz CT molecular complexity index is 845. The average Bonchev–Trinajstić information content (AvgIpc) is 2.66. The van der Waals surface area contributed by atoms with E-state index in [-0.39, 0.29) is 19.2 Å². The van der Waals surface area contributed by atoms with Crippen LogP contribution in [-0.4, -0.2) is 47.2 Å². The van der Waals surface area contributed by atoms with Crippen LogP contribution in [0.25, 0.3) is 0 Å². The molecule has 28 heavy (non-hydrogen) atoms. The summed E-state index contributed by atoms with van der Waals surface area (Å²) >= 11 is 0. The molecule has 1 amide bonds. The van der Waals surface area contributed by atoms with Crippen LogP contribution >= 0.6 is 0 Å². The van der Waals surface area contributed by atoms with E-state index in [0.717, 1.165) is 0 Å². The molecule has 3 rings (SSSR count). The van der Waals surface area contributed by atoms with E-state index in [0.29, 0.717) is 31.0 Å². The van der Waals surface area contributed by atoms with Gasteiger partial charge < -0.3 is 9.80 Å². The van der Waals surface area contributed by atoms with Gasteiger partial charge in [0.15, 0.2) is 5.82 Å². The zero-order chi connectivity index (χ0) is 20.5. The Morgan fingerprint density at radius 3 is 2.14 bits per heavy atom. The Labute approximate surface area is 155 Å². The molecule has 0 radical (unpaired) electrons. The molecule has 150 valence electrons. The summed E-state index contributed by atoms with van der Waals surface area (Å²) in [5.74, 6) is -0.389. The van der Waals surface area contributed by atoms with Gasteiger partial charge in [-0.15, -0.1) is 5.10 Å². The number of carbonyl (C=O) groups excluding carboxylic acids is 1. The third-order valence-electron chi connectivity index (χ3n) is 4.33. The molecule has 0 aliphatic carbocycles. The van der Waals surface area contributed by atoms with Crippen LogP contribution in [-0.2, 0) is 12.4 Å². The van der Waals surface area contributed by atoms with Gasteiger partial charge in [-0.3, -0.25) is 4.79 Å². The number of amides is 1. The van der Waals surface area contributed by atoms with E-state index >= 15 is 0 Å². The van der Waals surface area contributed by atoms with Crippen LogP contribution in [0.3, 0.4) is 0 Å². The first-order valence-electron chi connectivity index (χ1n) is 8.18. The highest BCUT2D eigenvalue weighted by molar-refractivity contribution is 5.96. The average molecular weight is 404 g/mol. The summed E-state index contributed by atoms with van der Waals surface area (Å²) in [4.78, 5) is 15.6. The van der Waals surface area contributed by atoms with E-state index < -0.39 is 35.0 Å². The molecule has 2 aromatic rings. The van der Waals surface area contributed by atoms with Crippen LogP contribution in [0.2, 0.25) is 0 Å². The number of hydrogen-bond donors (Lipinski definition) is 0. The van der Waals surface area contributed by atoms with E-state index in [4.69, 9.17) is 0 Å². The summed E-state index contributed by atoms with van der Waals surface area (Å²) in [6, 6.07) is 4.43. The van der Waals surface area contributed by atoms with Gasteiger partial charge in [-0.1, -0.05) is 0 Å². The van der Waals surface area contributed by atoms with Gasteiger partial charge in [0, 0.05) is 32.4 Å². The van der Waals surface area contributed by atoms with Crippen LogP contribution < -0.4 is 4.90 Å². The molecule has 0 unspecified atom stereocenters. The number of anilines is 1. The molecule has 11 heteroatoms. The van der Waals surface area contributed by atoms with E-state index in [1.165, 1.54) is 11.1 Å². The first kappa shape index (κ1) is 19.9. The summed E-state index contributed by atoms with van der Waals surface area (Å²) in [7, 11) is 0. The molecule has 1 aliphatic heterocycles. The normalized spacial score (nSPS) is 15.6. The Balaban J connectivity index is 1.81. The number of halogens is 6. The van der Waals surface area contributed by atoms with Crippen LogP contribution in [0, 0.1) is 0 Å². The zero-order valence-electron chi connectivity index (χ0n) is 14.3. The molecule has 1 aromatic carbocycles. The number of aromatic nitrogens is 2. The molecule has 1 aromatic heterocycles. The fraction of sp³-hybridized carbons (Fsp3) is 0.353. The highest BCUT2D eigenvalue weighted by atomic mass is 19.4. The number of nitrogens with zero attached hydrogens (tertiary/aromatic N) is 4. The molecule has 1 fully saturated rings. The maximum atomic E-state index is 13.3. The van der Waals surface area contributed by atoms with E-state index in [1.807, 2.05) is 4.90 Å². The van der Waals surface area contributed by atoms with Crippen LogP contribution in [0.5, 0.6) is 0 Å². The molecule has 1 aliphatic rings. The molecular weight excluding hydrogens is 390 g/mol. The number of hydrogen-bond acceptors (Lipinski definition) is 4. The summed E-state index contributed by atoms with van der Waals surface area (Å²) in [5, 5.41) is 7.67. The Morgan fingerprint density at radius 1 is 0.929 bits per heavy atom. The van der Waals surface area contributed by atoms with E-state index in [1.54, 1.807) is 12.1 Å². The Kier molecular flexibility index (Phi) is 5.18. The van der Waals surface area contributed by atoms with Crippen molar-refractivity contribution in [1.29, 1.82) is 0 Å². The second kappa shape index (κ2) is 7.28. The molecule has 0 spiro atoms. The summed E-state index contributed by atoms with van der Waals surface area (Å²) < 4.78 is 78.1. The highest BCUT2D eigenvalue weighted by Gasteiger charge is 2.40. The lowest BCUT2D eigenvalue weighted by Crippen LogP contribution is -2.49. The first-order valence-corrected chi connectivity index (χ1v) is 8.18. The molecule has 0 atom stereocenters. The van der Waals surface area contributed by atoms with Crippen LogP contribution in [0.4, 0.5) is 32.2 Å². The van der Waals surface area contributed by atoms with Gasteiger partial charge in [-0.25, -0.2) is 0 Å². The van der Waals surface area contributed by atoms with E-state index in [9.17, 15) is 31.1 Å². The molecule has 1 saturated heterocycles. The van der Waals surface area contributed by atoms with Gasteiger partial charge in [0.25, 0.3) is 5.91 Å². The van der Waals surface area contributed by atoms with Crippen molar-refractivity contribution in [3.63, 3.8) is 0 Å². The molecule has 0 N–H and O–H groups in total. The monoisotopic (exact) mass is 404 g/mol. The van der Waals surface area contributed by atoms with Gasteiger partial charge in [-0.05, 0) is 30.3 Å². The number of rotatable bonds is 2. The molecular formula is C17H14F6N4O. The minimum atomic E-state index is -5.09. The second-order valence-corrected chi connectivity index (χ2v) is 6.12. The lowest BCUT2D eigenvalue weighted by molar-refractivity contribution is -0.143. The topological polar surface area (TPSA) is 49.3 Å². The minimum absolute atomic E-state index is 0.0248. The number of alkyl halides is 6. The van der Waals surface area contributed by atoms with Crippen molar-refractivity contribution in [2.75, 3.05) is 31.1 Å². The van der Waals surface area contributed by atoms with Gasteiger partial charge in [-0.2, -0.15) is 31.4 Å². The molecule has 2 heterocycles. The maximum absolute atomic E-state index is 13.3. The van der Waals surface area contributed by atoms with Crippen molar-refractivity contribution >= 4 is 11.7 Å². The first-order chi connectivity index (χ1) is 13.1. The number of carbonyl (C=O) groups is 1. The van der Waals surface area contributed by atoms with Gasteiger partial charge in [0.1, 0.15) is 0 Å². The van der Waals surface area contributed by atoms with Crippen molar-refractivity contribution in [3.8, 4) is 0 Å². The Morgan fingerprint density at radius 2 is 1.61 bits per heavy atom. The summed E-state index contributed by atoms with van der Waals surface area (Å²) in [5.41, 5.74) is -3.85. The third-order valence-corrected chi connectivity index (χ3v) is 4.33. The van der Waals surface area contributed by atoms with Crippen LogP contribution in [0.15, 0.2) is 36.5 Å². The standard InChI is InChI=1S/C17H14F6N4O/c18-16(19,20)11-3-4-12(13(10-11)17(21,22)23)15(28)27-8-6-26(7-9-27)14-2-1-5-24-25-14/h1-5,10H,6-9H2. The maximum Gasteiger partial charge on any atom is 0.417 e. The Hall–Kier alpha value is -2.85. The smallest absolute Gasteiger partial charge is 0.352 e. The number of benzene rings is 1. The van der Waals surface area contributed by atoms with E-state index in [2.05, 4.69) is 10.2 Å². The van der Waals surface area contributed by atoms with Gasteiger partial charge in [0.2, 0.25) is 0 Å². The quantitative estimate of drug-likeness (QED) is 0.720. The van der Waals surface area contributed by atoms with Gasteiger partial charge in [0.05, 0.1) is 16.7 Å². The lowest BCUT2D eigenvalue weighted by atomic mass is 10.0. The second-order valence-electron chi connectivity index (χ2n) is 6.12. The predicted octanol–water partition coefficient (Wildman–Crippen LogP) is 3.48. The molecule has 5 nitrogen and oxygen atoms in total. The summed E-state index contributed by atoms with van der Waals surface area (Å²) in [6.45, 7) is 0.834. The third kappa shape index (κ3) is 4.18. The minimum Gasteiger partial charge on any atom is -0.352 e. The fourth-order valence-electron chi connectivity index (χ4n) is 2.91. The molecule has 0 bridgehead atoms. The van der Waals surface area contributed by atoms with Crippen molar-refractivity contribution in [1.82, 2.24) is 15.1 Å². The van der Waals surface area contributed by atoms with Crippen molar-refractivity contribution in [2.24, 2.45) is 0 Å². The molecule has 0 saturated carbocycles. The largest absolute Gasteiger partial charge is 0.417 e. The predicted molar refractivity (Wildman–Crippen MR) is 86.6 cm³/mol. The number of piperazine rings is 1. The van der Waals surface area contributed by atoms with Crippen molar-refractivity contribution in [3.05, 3.63) is 53.2 Å². The summed E-state index contributed by atoms with van der Waals surface area (Å²) in [6.07, 6.45) is -8.54. The fourth-order valence-corrected chi connectivity index (χ4v) is 2.91. The SMILES string of the molecule is O=C(c1ccc(C(F)(F)F)cc1C(F)(F)F)N1CCN(c2cccnn2)CC1. The van der Waals surface area contributed by atoms with Crippen LogP contribution in [0.1, 0.15) is 21.5 Å². The highest BCUT2D eigenvalue weighted by Crippen LogP contribution is 2.37. The van der Waals surface area contributed by atoms with Gasteiger partial charge >= 0.3 is 12.4 Å². The van der Waals surface area contributed by atoms with Crippen molar-refractivity contribution in [2.45, 2.75) is 12.4 Å².